The summed E-state index contributed by atoms with van der Waals surface area (Å²) in [5.41, 5.74) is 1.58. The van der Waals surface area contributed by atoms with Gasteiger partial charge in [-0.15, -0.1) is 0 Å². The maximum absolute atomic E-state index is 13.1. The van der Waals surface area contributed by atoms with Gasteiger partial charge >= 0.3 is 5.97 Å². The Morgan fingerprint density at radius 1 is 1.09 bits per heavy atom. The number of amides is 2. The van der Waals surface area contributed by atoms with Crippen LogP contribution in [0.15, 0.2) is 59.5 Å². The molecule has 0 atom stereocenters. The van der Waals surface area contributed by atoms with Crippen LogP contribution in [0.4, 0.5) is 4.79 Å². The molecule has 0 bridgehead atoms. The van der Waals surface area contributed by atoms with Crippen LogP contribution < -0.4 is 9.47 Å². The fraction of sp³-hybridized carbons (Fsp3) is 0.160. The van der Waals surface area contributed by atoms with E-state index in [1.54, 1.807) is 18.2 Å². The number of nitrogens with zero attached hydrogens (tertiary/aromatic N) is 1. The number of hydrogen-bond donors (Lipinski definition) is 0. The molecule has 9 heteroatoms. The highest BCUT2D eigenvalue weighted by Crippen LogP contribution is 2.38. The van der Waals surface area contributed by atoms with Gasteiger partial charge in [-0.2, -0.15) is 0 Å². The van der Waals surface area contributed by atoms with E-state index >= 15 is 0 Å². The quantitative estimate of drug-likeness (QED) is 0.212. The zero-order valence-corrected chi connectivity index (χ0v) is 21.3. The Bertz CT molecular complexity index is 1320. The fourth-order valence-electron chi connectivity index (χ4n) is 3.54. The van der Waals surface area contributed by atoms with Gasteiger partial charge in [-0.1, -0.05) is 42.5 Å². The van der Waals surface area contributed by atoms with Gasteiger partial charge in [0.1, 0.15) is 0 Å². The molecule has 1 saturated heterocycles. The van der Waals surface area contributed by atoms with Crippen molar-refractivity contribution in [2.45, 2.75) is 6.54 Å². The first-order valence-electron chi connectivity index (χ1n) is 10.2. The summed E-state index contributed by atoms with van der Waals surface area (Å²) >= 11 is 2.97. The Hall–Kier alpha value is -3.05. The van der Waals surface area contributed by atoms with Crippen LogP contribution in [0.1, 0.15) is 11.1 Å². The molecule has 174 valence electrons. The lowest BCUT2D eigenvalue weighted by atomic mass is 10.0. The van der Waals surface area contributed by atoms with Crippen LogP contribution in [0.2, 0.25) is 0 Å². The molecule has 1 aliphatic rings. The van der Waals surface area contributed by atoms with Crippen LogP contribution >= 0.6 is 34.4 Å². The van der Waals surface area contributed by atoms with Gasteiger partial charge in [0.15, 0.2) is 18.1 Å². The molecule has 0 unspecified atom stereocenters. The first kappa shape index (κ1) is 24.1. The minimum absolute atomic E-state index is 0.199. The zero-order valence-electron chi connectivity index (χ0n) is 18.4. The zero-order chi connectivity index (χ0) is 24.2. The molecule has 1 fully saturated rings. The number of thioether (sulfide) groups is 1. The van der Waals surface area contributed by atoms with Gasteiger partial charge < -0.3 is 14.2 Å². The third kappa shape index (κ3) is 5.05. The lowest BCUT2D eigenvalue weighted by Gasteiger charge is -2.14. The first-order chi connectivity index (χ1) is 16.4. The van der Waals surface area contributed by atoms with E-state index in [2.05, 4.69) is 27.3 Å². The summed E-state index contributed by atoms with van der Waals surface area (Å²) in [4.78, 5) is 38.8. The van der Waals surface area contributed by atoms with Crippen molar-refractivity contribution in [3.63, 3.8) is 0 Å². The number of ether oxygens (including phenoxy) is 3. The molecule has 1 heterocycles. The predicted molar refractivity (Wildman–Crippen MR) is 139 cm³/mol. The molecule has 3 aromatic carbocycles. The molecule has 0 spiro atoms. The van der Waals surface area contributed by atoms with E-state index in [1.165, 1.54) is 19.1 Å². The summed E-state index contributed by atoms with van der Waals surface area (Å²) in [5.74, 6) is -0.0588. The van der Waals surface area contributed by atoms with Crippen molar-refractivity contribution in [2.75, 3.05) is 20.8 Å². The highest BCUT2D eigenvalue weighted by atomic mass is 127. The summed E-state index contributed by atoms with van der Waals surface area (Å²) in [6, 6.07) is 17.2. The molecule has 0 saturated carbocycles. The molecular formula is C25H20INO6S. The Morgan fingerprint density at radius 2 is 1.85 bits per heavy atom. The van der Waals surface area contributed by atoms with E-state index in [-0.39, 0.29) is 24.3 Å². The summed E-state index contributed by atoms with van der Waals surface area (Å²) in [6.07, 6.45) is 1.66. The highest BCUT2D eigenvalue weighted by Gasteiger charge is 2.35. The van der Waals surface area contributed by atoms with Gasteiger partial charge in [-0.3, -0.25) is 14.5 Å². The Balaban J connectivity index is 1.58. The Kier molecular flexibility index (Phi) is 7.42. The van der Waals surface area contributed by atoms with Gasteiger partial charge in [-0.25, -0.2) is 4.79 Å². The number of methoxy groups -OCH3 is 2. The third-order valence-electron chi connectivity index (χ3n) is 5.19. The van der Waals surface area contributed by atoms with Crippen molar-refractivity contribution in [1.29, 1.82) is 0 Å². The number of benzene rings is 3. The molecule has 0 radical (unpaired) electrons. The molecule has 2 amide bonds. The summed E-state index contributed by atoms with van der Waals surface area (Å²) < 4.78 is 16.2. The minimum Gasteiger partial charge on any atom is -0.493 e. The number of rotatable bonds is 7. The number of fused-ring (bicyclic) bond motifs is 1. The molecule has 0 N–H and O–H groups in total. The van der Waals surface area contributed by atoms with Crippen LogP contribution in [0.25, 0.3) is 16.8 Å². The van der Waals surface area contributed by atoms with Gasteiger partial charge in [0.05, 0.1) is 29.2 Å². The average molecular weight is 589 g/mol. The molecule has 4 rings (SSSR count). The second-order valence-electron chi connectivity index (χ2n) is 7.31. The number of carbonyl (C=O) groups excluding carboxylic acids is 3. The fourth-order valence-corrected chi connectivity index (χ4v) is 5.16. The summed E-state index contributed by atoms with van der Waals surface area (Å²) in [6.45, 7) is -0.0558. The smallest absolute Gasteiger partial charge is 0.343 e. The Labute approximate surface area is 214 Å². The average Bonchev–Trinajstić information content (AvgIpc) is 3.10. The number of carbonyl (C=O) groups is 3. The van der Waals surface area contributed by atoms with E-state index in [0.717, 1.165) is 28.1 Å². The van der Waals surface area contributed by atoms with Crippen molar-refractivity contribution in [3.8, 4) is 11.5 Å². The number of esters is 1. The molecule has 7 nitrogen and oxygen atoms in total. The SMILES string of the molecule is COC(=O)COc1c(I)cc(/C=C2\SC(=O)N(Cc3cccc4ccccc34)C2=O)cc1OC. The molecule has 0 aromatic heterocycles. The van der Waals surface area contributed by atoms with Crippen LogP contribution in [-0.2, 0) is 20.9 Å². The van der Waals surface area contributed by atoms with Gasteiger partial charge in [0.2, 0.25) is 0 Å². The number of hydrogen-bond acceptors (Lipinski definition) is 7. The first-order valence-corrected chi connectivity index (χ1v) is 12.1. The molecule has 1 aliphatic heterocycles. The maximum atomic E-state index is 13.1. The van der Waals surface area contributed by atoms with Crippen molar-refractivity contribution in [2.24, 2.45) is 0 Å². The second-order valence-corrected chi connectivity index (χ2v) is 9.46. The maximum Gasteiger partial charge on any atom is 0.343 e. The summed E-state index contributed by atoms with van der Waals surface area (Å²) in [5, 5.41) is 1.75. The van der Waals surface area contributed by atoms with Gasteiger partial charge in [-0.05, 0) is 74.5 Å². The topological polar surface area (TPSA) is 82.1 Å². The van der Waals surface area contributed by atoms with Gasteiger partial charge in [0.25, 0.3) is 11.1 Å². The third-order valence-corrected chi connectivity index (χ3v) is 6.90. The normalized spacial score (nSPS) is 14.7. The molecule has 3 aromatic rings. The predicted octanol–water partition coefficient (Wildman–Crippen LogP) is 5.24. The largest absolute Gasteiger partial charge is 0.493 e. The molecular weight excluding hydrogens is 569 g/mol. The van der Waals surface area contributed by atoms with E-state index in [4.69, 9.17) is 9.47 Å². The van der Waals surface area contributed by atoms with Crippen molar-refractivity contribution in [1.82, 2.24) is 4.90 Å². The van der Waals surface area contributed by atoms with Crippen LogP contribution in [-0.4, -0.2) is 42.8 Å². The lowest BCUT2D eigenvalue weighted by molar-refractivity contribution is -0.143. The van der Waals surface area contributed by atoms with Crippen LogP contribution in [0, 0.1) is 3.57 Å². The monoisotopic (exact) mass is 589 g/mol. The van der Waals surface area contributed by atoms with E-state index in [0.29, 0.717) is 25.5 Å². The lowest BCUT2D eigenvalue weighted by Crippen LogP contribution is -2.27. The molecule has 34 heavy (non-hydrogen) atoms. The Morgan fingerprint density at radius 3 is 2.62 bits per heavy atom. The number of imide groups is 1. The minimum atomic E-state index is -0.512. The van der Waals surface area contributed by atoms with Crippen molar-refractivity contribution in [3.05, 3.63) is 74.2 Å². The number of halogens is 1. The van der Waals surface area contributed by atoms with Crippen molar-refractivity contribution >= 4 is 68.3 Å². The van der Waals surface area contributed by atoms with Gasteiger partial charge in [0, 0.05) is 0 Å². The van der Waals surface area contributed by atoms with Crippen molar-refractivity contribution < 1.29 is 28.6 Å². The van der Waals surface area contributed by atoms with Crippen LogP contribution in [0.5, 0.6) is 11.5 Å². The van der Waals surface area contributed by atoms with Crippen LogP contribution in [0.3, 0.4) is 0 Å². The van der Waals surface area contributed by atoms with E-state index in [9.17, 15) is 14.4 Å². The standard InChI is InChI=1S/C25H20INO6S/c1-31-20-11-15(10-19(26)23(20)33-14-22(28)32-2)12-21-24(29)27(25(30)34-21)13-17-8-5-7-16-6-3-4-9-18(16)17/h3-12H,13-14H2,1-2H3/b21-12-. The molecule has 0 aliphatic carbocycles. The van der Waals surface area contributed by atoms with E-state index < -0.39 is 5.97 Å². The second kappa shape index (κ2) is 10.5. The van der Waals surface area contributed by atoms with E-state index in [1.807, 2.05) is 42.5 Å². The summed E-state index contributed by atoms with van der Waals surface area (Å²) in [7, 11) is 2.77. The highest BCUT2D eigenvalue weighted by molar-refractivity contribution is 14.1.